The zero-order chi connectivity index (χ0) is 15.7. The fraction of sp³-hybridized carbons (Fsp3) is 0.143. The van der Waals surface area contributed by atoms with Crippen LogP contribution in [0.15, 0.2) is 61.1 Å². The van der Waals surface area contributed by atoms with Gasteiger partial charge in [-0.1, -0.05) is 30.3 Å². The van der Waals surface area contributed by atoms with E-state index in [0.29, 0.717) is 0 Å². The van der Waals surface area contributed by atoms with Gasteiger partial charge in [0.25, 0.3) is 0 Å². The van der Waals surface area contributed by atoms with Crippen LogP contribution < -0.4 is 4.68 Å². The second kappa shape index (κ2) is 4.32. The molecule has 4 aromatic rings. The average molecular weight is 310 g/mol. The number of aromatic nitrogens is 3. The summed E-state index contributed by atoms with van der Waals surface area (Å²) in [6, 6.07) is 15.6. The van der Waals surface area contributed by atoms with Crippen molar-refractivity contribution < 1.29 is 4.68 Å². The first-order valence-electron chi connectivity index (χ1n) is 8.44. The molecular weight excluding hydrogens is 294 g/mol. The van der Waals surface area contributed by atoms with Crippen LogP contribution in [0.5, 0.6) is 0 Å². The lowest BCUT2D eigenvalue weighted by Crippen LogP contribution is -2.36. The van der Waals surface area contributed by atoms with Gasteiger partial charge in [-0.3, -0.25) is 4.98 Å². The van der Waals surface area contributed by atoms with Crippen molar-refractivity contribution in [3.8, 4) is 5.69 Å². The average Bonchev–Trinajstić information content (AvgIpc) is 3.16. The van der Waals surface area contributed by atoms with Gasteiger partial charge < -0.3 is 0 Å². The maximum Gasteiger partial charge on any atom is 0.205 e. The Morgan fingerprint density at radius 3 is 2.67 bits per heavy atom. The van der Waals surface area contributed by atoms with E-state index in [1.54, 1.807) is 0 Å². The van der Waals surface area contributed by atoms with Crippen LogP contribution in [0.2, 0.25) is 0 Å². The summed E-state index contributed by atoms with van der Waals surface area (Å²) in [5, 5.41) is 1.20. The van der Waals surface area contributed by atoms with E-state index in [9.17, 15) is 0 Å². The van der Waals surface area contributed by atoms with Crippen molar-refractivity contribution in [2.45, 2.75) is 19.4 Å². The number of benzene rings is 2. The van der Waals surface area contributed by atoms with Crippen molar-refractivity contribution >= 4 is 10.9 Å². The molecule has 0 bridgehead atoms. The van der Waals surface area contributed by atoms with E-state index < -0.39 is 0 Å². The van der Waals surface area contributed by atoms with Gasteiger partial charge in [0.1, 0.15) is 11.2 Å². The molecule has 6 rings (SSSR count). The lowest BCUT2D eigenvalue weighted by molar-refractivity contribution is -0.749. The molecule has 114 valence electrons. The zero-order valence-corrected chi connectivity index (χ0v) is 13.2. The molecule has 1 aliphatic heterocycles. The lowest BCUT2D eigenvalue weighted by Gasteiger charge is -2.21. The predicted molar refractivity (Wildman–Crippen MR) is 92.4 cm³/mol. The maximum atomic E-state index is 4.25. The lowest BCUT2D eigenvalue weighted by atomic mass is 9.83. The van der Waals surface area contributed by atoms with Gasteiger partial charge in [0.2, 0.25) is 6.20 Å². The molecule has 0 fully saturated rings. The van der Waals surface area contributed by atoms with Crippen molar-refractivity contribution in [3.05, 3.63) is 88.9 Å². The smallest absolute Gasteiger partial charge is 0.205 e. The number of hydrogen-bond donors (Lipinski definition) is 0. The number of pyridine rings is 1. The van der Waals surface area contributed by atoms with E-state index in [2.05, 4.69) is 63.0 Å². The Hall–Kier alpha value is -2.94. The highest BCUT2D eigenvalue weighted by molar-refractivity contribution is 5.78. The third kappa shape index (κ3) is 1.51. The molecule has 0 amide bonds. The summed E-state index contributed by atoms with van der Waals surface area (Å²) < 4.78 is 4.66. The van der Waals surface area contributed by atoms with Gasteiger partial charge in [0.05, 0.1) is 10.9 Å². The summed E-state index contributed by atoms with van der Waals surface area (Å²) in [4.78, 5) is 4.25. The first-order valence-corrected chi connectivity index (χ1v) is 8.44. The number of hydrogen-bond acceptors (Lipinski definition) is 1. The van der Waals surface area contributed by atoms with Crippen LogP contribution in [0.4, 0.5) is 0 Å². The molecule has 3 nitrogen and oxygen atoms in total. The molecule has 0 saturated carbocycles. The van der Waals surface area contributed by atoms with Gasteiger partial charge in [-0.15, -0.1) is 9.36 Å². The number of nitrogens with zero attached hydrogens (tertiary/aromatic N) is 3. The Bertz CT molecular complexity index is 1140. The van der Waals surface area contributed by atoms with Crippen LogP contribution in [-0.2, 0) is 19.4 Å². The Kier molecular flexibility index (Phi) is 2.25. The van der Waals surface area contributed by atoms with Crippen molar-refractivity contribution in [2.75, 3.05) is 0 Å². The minimum absolute atomic E-state index is 0.954. The van der Waals surface area contributed by atoms with E-state index in [1.165, 1.54) is 44.4 Å². The topological polar surface area (TPSA) is 21.7 Å². The van der Waals surface area contributed by atoms with Crippen LogP contribution in [0.1, 0.15) is 27.8 Å². The first kappa shape index (κ1) is 12.5. The summed E-state index contributed by atoms with van der Waals surface area (Å²) in [7, 11) is 0. The summed E-state index contributed by atoms with van der Waals surface area (Å²) >= 11 is 0. The van der Waals surface area contributed by atoms with Crippen molar-refractivity contribution in [2.24, 2.45) is 0 Å². The molecule has 2 aliphatic rings. The van der Waals surface area contributed by atoms with Gasteiger partial charge >= 0.3 is 0 Å². The first-order chi connectivity index (χ1) is 11.9. The van der Waals surface area contributed by atoms with E-state index in [0.717, 1.165) is 19.4 Å². The molecule has 0 saturated heterocycles. The highest BCUT2D eigenvalue weighted by Crippen LogP contribution is 2.34. The Morgan fingerprint density at radius 1 is 0.875 bits per heavy atom. The molecular formula is C21H16N3+. The molecule has 2 aromatic carbocycles. The molecule has 0 N–H and O–H groups in total. The van der Waals surface area contributed by atoms with Gasteiger partial charge in [-0.05, 0) is 47.2 Å². The van der Waals surface area contributed by atoms with Crippen LogP contribution in [0.3, 0.4) is 0 Å². The molecule has 24 heavy (non-hydrogen) atoms. The minimum atomic E-state index is 0.954. The SMILES string of the molecule is c1ccc2c(c1)Cc1ccc3c(c1C2)C[n+]1cc2cnccc2n1-3. The fourth-order valence-corrected chi connectivity index (χ4v) is 4.38. The molecule has 0 spiro atoms. The monoisotopic (exact) mass is 310 g/mol. The standard InChI is InChI=1S/C21H16N3/c1-2-4-15-10-18-16(9-14(15)3-1)5-6-21-19(18)13-23-12-17-11-22-8-7-20(17)24(21)23/h1-8,11-12H,9-10,13H2/q+1. The third-order valence-corrected chi connectivity index (χ3v) is 5.52. The van der Waals surface area contributed by atoms with Crippen LogP contribution >= 0.6 is 0 Å². The van der Waals surface area contributed by atoms with Crippen LogP contribution in [0, 0.1) is 0 Å². The molecule has 1 aliphatic carbocycles. The second-order valence-electron chi connectivity index (χ2n) is 6.80. The Labute approximate surface area is 139 Å². The molecule has 2 aromatic heterocycles. The van der Waals surface area contributed by atoms with E-state index >= 15 is 0 Å². The van der Waals surface area contributed by atoms with Crippen molar-refractivity contribution in [1.82, 2.24) is 9.67 Å². The van der Waals surface area contributed by atoms with E-state index in [-0.39, 0.29) is 0 Å². The third-order valence-electron chi connectivity index (χ3n) is 5.52. The summed E-state index contributed by atoms with van der Waals surface area (Å²) in [5.74, 6) is 0. The molecule has 0 unspecified atom stereocenters. The maximum absolute atomic E-state index is 4.25. The molecule has 0 radical (unpaired) electrons. The summed E-state index contributed by atoms with van der Waals surface area (Å²) in [6.07, 6.45) is 8.15. The largest absolute Gasteiger partial charge is 0.264 e. The summed E-state index contributed by atoms with van der Waals surface area (Å²) in [6.45, 7) is 0.954. The van der Waals surface area contributed by atoms with Gasteiger partial charge in [-0.25, -0.2) is 0 Å². The predicted octanol–water partition coefficient (Wildman–Crippen LogP) is 3.17. The van der Waals surface area contributed by atoms with Crippen molar-refractivity contribution in [3.63, 3.8) is 0 Å². The molecule has 0 atom stereocenters. The summed E-state index contributed by atoms with van der Waals surface area (Å²) in [5.41, 5.74) is 10.0. The number of rotatable bonds is 0. The number of fused-ring (bicyclic) bond motifs is 8. The van der Waals surface area contributed by atoms with Crippen molar-refractivity contribution in [1.29, 1.82) is 0 Å². The highest BCUT2D eigenvalue weighted by Gasteiger charge is 2.32. The highest BCUT2D eigenvalue weighted by atomic mass is 15.4. The van der Waals surface area contributed by atoms with E-state index in [1.807, 2.05) is 12.4 Å². The van der Waals surface area contributed by atoms with Gasteiger partial charge in [-0.2, -0.15) is 0 Å². The Balaban J connectivity index is 1.58. The fourth-order valence-electron chi connectivity index (χ4n) is 4.38. The van der Waals surface area contributed by atoms with Gasteiger partial charge in [0, 0.05) is 12.4 Å². The van der Waals surface area contributed by atoms with E-state index in [4.69, 9.17) is 0 Å². The zero-order valence-electron chi connectivity index (χ0n) is 13.2. The molecule has 3 heteroatoms. The van der Waals surface area contributed by atoms with Crippen LogP contribution in [0.25, 0.3) is 16.6 Å². The van der Waals surface area contributed by atoms with Gasteiger partial charge in [0.15, 0.2) is 6.54 Å². The normalized spacial score (nSPS) is 14.2. The second-order valence-corrected chi connectivity index (χ2v) is 6.80. The quantitative estimate of drug-likeness (QED) is 0.395. The minimum Gasteiger partial charge on any atom is -0.264 e. The Morgan fingerprint density at radius 2 is 1.75 bits per heavy atom. The molecule has 3 heterocycles. The van der Waals surface area contributed by atoms with Crippen LogP contribution in [-0.4, -0.2) is 9.67 Å².